The van der Waals surface area contributed by atoms with Crippen LogP contribution >= 0.6 is 11.6 Å². The summed E-state index contributed by atoms with van der Waals surface area (Å²) in [6, 6.07) is 3.94. The normalized spacial score (nSPS) is 26.3. The second kappa shape index (κ2) is 4.72. The summed E-state index contributed by atoms with van der Waals surface area (Å²) >= 11 is 5.86. The molecule has 18 heavy (non-hydrogen) atoms. The predicted octanol–water partition coefficient (Wildman–Crippen LogP) is 2.62. The number of allylic oxidation sites excluding steroid dienone is 2. The molecule has 1 N–H and O–H groups in total. The van der Waals surface area contributed by atoms with Gasteiger partial charge in [0.05, 0.1) is 5.56 Å². The fourth-order valence-corrected chi connectivity index (χ4v) is 3.06. The van der Waals surface area contributed by atoms with Crippen molar-refractivity contribution in [2.24, 2.45) is 11.8 Å². The van der Waals surface area contributed by atoms with Crippen LogP contribution in [0.25, 0.3) is 5.57 Å². The van der Waals surface area contributed by atoms with Gasteiger partial charge in [-0.25, -0.2) is 4.98 Å². The molecule has 2 atom stereocenters. The van der Waals surface area contributed by atoms with Crippen LogP contribution in [-0.2, 0) is 0 Å². The number of halogens is 1. The molecule has 4 heteroatoms. The molecule has 1 aromatic heterocycles. The Labute approximate surface area is 111 Å². The van der Waals surface area contributed by atoms with Crippen LogP contribution in [0.5, 0.6) is 0 Å². The number of hydrogen-bond donors (Lipinski definition) is 1. The Balaban J connectivity index is 1.90. The molecule has 92 valence electrons. The molecule has 3 nitrogen and oxygen atoms in total. The molecule has 0 radical (unpaired) electrons. The minimum atomic E-state index is 0.291. The minimum Gasteiger partial charge on any atom is -0.316 e. The quantitative estimate of drug-likeness (QED) is 0.789. The number of nitrogens with one attached hydrogen (secondary N) is 1. The first-order chi connectivity index (χ1) is 8.78. The summed E-state index contributed by atoms with van der Waals surface area (Å²) in [4.78, 5) is 4.10. The van der Waals surface area contributed by atoms with Gasteiger partial charge in [0.15, 0.2) is 0 Å². The van der Waals surface area contributed by atoms with Gasteiger partial charge in [-0.3, -0.25) is 0 Å². The Kier molecular flexibility index (Phi) is 3.07. The molecule has 0 amide bonds. The number of fused-ring (bicyclic) bond motifs is 1. The van der Waals surface area contributed by atoms with E-state index in [9.17, 15) is 0 Å². The Morgan fingerprint density at radius 1 is 1.50 bits per heavy atom. The lowest BCUT2D eigenvalue weighted by molar-refractivity contribution is 0.324. The van der Waals surface area contributed by atoms with Crippen molar-refractivity contribution in [1.29, 1.82) is 5.26 Å². The van der Waals surface area contributed by atoms with Crippen LogP contribution in [-0.4, -0.2) is 18.1 Å². The Morgan fingerprint density at radius 2 is 2.39 bits per heavy atom. The van der Waals surface area contributed by atoms with Gasteiger partial charge in [0, 0.05) is 6.20 Å². The van der Waals surface area contributed by atoms with Crippen molar-refractivity contribution in [3.63, 3.8) is 0 Å². The minimum absolute atomic E-state index is 0.291. The third kappa shape index (κ3) is 2.03. The Morgan fingerprint density at radius 3 is 3.17 bits per heavy atom. The van der Waals surface area contributed by atoms with E-state index in [4.69, 9.17) is 16.9 Å². The summed E-state index contributed by atoms with van der Waals surface area (Å²) in [7, 11) is 0. The van der Waals surface area contributed by atoms with E-state index in [0.29, 0.717) is 22.6 Å². The summed E-state index contributed by atoms with van der Waals surface area (Å²) in [6.45, 7) is 2.20. The molecule has 2 heterocycles. The number of piperidine rings is 1. The molecular formula is C14H14ClN3. The largest absolute Gasteiger partial charge is 0.316 e. The smallest absolute Gasteiger partial charge is 0.146 e. The lowest BCUT2D eigenvalue weighted by atomic mass is 9.89. The number of nitriles is 1. The maximum Gasteiger partial charge on any atom is 0.146 e. The summed E-state index contributed by atoms with van der Waals surface area (Å²) in [5.74, 6) is 1.39. The maximum absolute atomic E-state index is 8.99. The molecule has 0 spiro atoms. The van der Waals surface area contributed by atoms with E-state index in [1.54, 1.807) is 6.20 Å². The fourth-order valence-electron chi connectivity index (χ4n) is 2.91. The van der Waals surface area contributed by atoms with Gasteiger partial charge in [0.25, 0.3) is 0 Å². The SMILES string of the molecule is N#Cc1cc(C2=C[C@H]3CCNC[C@H]3C2)cnc1Cl. The van der Waals surface area contributed by atoms with E-state index >= 15 is 0 Å². The van der Waals surface area contributed by atoms with Gasteiger partial charge in [0.1, 0.15) is 11.2 Å². The second-order valence-corrected chi connectivity index (χ2v) is 5.34. The van der Waals surface area contributed by atoms with Crippen LogP contribution < -0.4 is 5.32 Å². The van der Waals surface area contributed by atoms with Crippen LogP contribution in [0.4, 0.5) is 0 Å². The zero-order valence-electron chi connectivity index (χ0n) is 9.99. The van der Waals surface area contributed by atoms with E-state index in [-0.39, 0.29) is 0 Å². The average Bonchev–Trinajstić information content (AvgIpc) is 2.83. The first-order valence-electron chi connectivity index (χ1n) is 6.25. The third-order valence-electron chi connectivity index (χ3n) is 3.89. The molecule has 2 aliphatic rings. The first kappa shape index (κ1) is 11.7. The average molecular weight is 260 g/mol. The zero-order valence-corrected chi connectivity index (χ0v) is 10.7. The molecule has 1 aliphatic carbocycles. The van der Waals surface area contributed by atoms with Gasteiger partial charge >= 0.3 is 0 Å². The van der Waals surface area contributed by atoms with E-state index in [0.717, 1.165) is 25.1 Å². The molecule has 1 aromatic rings. The van der Waals surface area contributed by atoms with Crippen molar-refractivity contribution >= 4 is 17.2 Å². The standard InChI is InChI=1S/C14H14ClN3/c15-14-11(6-16)5-13(8-18-14)10-3-9-1-2-17-7-12(9)4-10/h3,5,8-9,12,17H,1-2,4,7H2/t9-,12-/m1/s1. The number of nitrogens with zero attached hydrogens (tertiary/aromatic N) is 2. The van der Waals surface area contributed by atoms with Crippen LogP contribution in [0.2, 0.25) is 5.15 Å². The molecular weight excluding hydrogens is 246 g/mol. The van der Waals surface area contributed by atoms with Crippen LogP contribution in [0.15, 0.2) is 18.3 Å². The van der Waals surface area contributed by atoms with Crippen LogP contribution in [0, 0.1) is 23.2 Å². The molecule has 1 aliphatic heterocycles. The van der Waals surface area contributed by atoms with Gasteiger partial charge in [0.2, 0.25) is 0 Å². The van der Waals surface area contributed by atoms with Crippen molar-refractivity contribution in [1.82, 2.24) is 10.3 Å². The van der Waals surface area contributed by atoms with Crippen LogP contribution in [0.3, 0.4) is 0 Å². The highest BCUT2D eigenvalue weighted by Gasteiger charge is 2.30. The van der Waals surface area contributed by atoms with Gasteiger partial charge in [-0.05, 0) is 55.0 Å². The molecule has 0 bridgehead atoms. The maximum atomic E-state index is 8.99. The Hall–Kier alpha value is -1.37. The lowest BCUT2D eigenvalue weighted by Gasteiger charge is -2.25. The number of aromatic nitrogens is 1. The van der Waals surface area contributed by atoms with Crippen molar-refractivity contribution in [2.45, 2.75) is 12.8 Å². The van der Waals surface area contributed by atoms with Crippen LogP contribution in [0.1, 0.15) is 24.0 Å². The topological polar surface area (TPSA) is 48.7 Å². The number of pyridine rings is 1. The van der Waals surface area contributed by atoms with Crippen molar-refractivity contribution in [3.05, 3.63) is 34.6 Å². The molecule has 1 saturated heterocycles. The number of hydrogen-bond acceptors (Lipinski definition) is 3. The third-order valence-corrected chi connectivity index (χ3v) is 4.20. The Bertz CT molecular complexity index is 544. The number of rotatable bonds is 1. The van der Waals surface area contributed by atoms with Crippen molar-refractivity contribution < 1.29 is 0 Å². The summed E-state index contributed by atoms with van der Waals surface area (Å²) in [6.07, 6.45) is 6.42. The highest BCUT2D eigenvalue weighted by molar-refractivity contribution is 6.30. The van der Waals surface area contributed by atoms with E-state index in [1.807, 2.05) is 6.07 Å². The van der Waals surface area contributed by atoms with Gasteiger partial charge in [-0.1, -0.05) is 17.7 Å². The highest BCUT2D eigenvalue weighted by Crippen LogP contribution is 2.39. The monoisotopic (exact) mass is 259 g/mol. The van der Waals surface area contributed by atoms with Crippen molar-refractivity contribution in [3.8, 4) is 6.07 Å². The second-order valence-electron chi connectivity index (χ2n) is 4.99. The molecule has 0 unspecified atom stereocenters. The molecule has 1 fully saturated rings. The van der Waals surface area contributed by atoms with Gasteiger partial charge < -0.3 is 5.32 Å². The van der Waals surface area contributed by atoms with Gasteiger partial charge in [-0.15, -0.1) is 0 Å². The molecule has 0 saturated carbocycles. The first-order valence-corrected chi connectivity index (χ1v) is 6.63. The van der Waals surface area contributed by atoms with E-state index in [1.165, 1.54) is 12.0 Å². The van der Waals surface area contributed by atoms with E-state index in [2.05, 4.69) is 22.4 Å². The van der Waals surface area contributed by atoms with E-state index < -0.39 is 0 Å². The van der Waals surface area contributed by atoms with Crippen molar-refractivity contribution in [2.75, 3.05) is 13.1 Å². The summed E-state index contributed by atoms with van der Waals surface area (Å²) < 4.78 is 0. The lowest BCUT2D eigenvalue weighted by Crippen LogP contribution is -2.33. The summed E-state index contributed by atoms with van der Waals surface area (Å²) in [5.41, 5.74) is 2.82. The highest BCUT2D eigenvalue weighted by atomic mass is 35.5. The fraction of sp³-hybridized carbons (Fsp3) is 0.429. The predicted molar refractivity (Wildman–Crippen MR) is 71.0 cm³/mol. The van der Waals surface area contributed by atoms with Gasteiger partial charge in [-0.2, -0.15) is 5.26 Å². The zero-order chi connectivity index (χ0) is 12.5. The summed E-state index contributed by atoms with van der Waals surface area (Å²) in [5, 5.41) is 12.7. The molecule has 0 aromatic carbocycles. The molecule has 3 rings (SSSR count).